The molecule has 0 bridgehead atoms. The van der Waals surface area contributed by atoms with E-state index in [-0.39, 0.29) is 24.3 Å². The van der Waals surface area contributed by atoms with E-state index in [0.717, 1.165) is 35.5 Å². The average molecular weight is 382 g/mol. The fourth-order valence-electron chi connectivity index (χ4n) is 3.21. The number of nitrogens with one attached hydrogen (secondary N) is 1. The number of fused-ring (bicyclic) bond motifs is 1. The van der Waals surface area contributed by atoms with E-state index in [9.17, 15) is 4.79 Å². The van der Waals surface area contributed by atoms with E-state index in [2.05, 4.69) is 20.4 Å². The number of ether oxygens (including phenoxy) is 1. The van der Waals surface area contributed by atoms with Crippen LogP contribution in [0.5, 0.6) is 5.75 Å². The Bertz CT molecular complexity index is 981. The van der Waals surface area contributed by atoms with Gasteiger partial charge >= 0.3 is 0 Å². The first-order valence-electron chi connectivity index (χ1n) is 9.28. The molecule has 1 amide bonds. The maximum Gasteiger partial charge on any atom is 0.254 e. The molecule has 2 aromatic heterocycles. The fraction of sp³-hybridized carbons (Fsp3) is 0.400. The molecule has 28 heavy (non-hydrogen) atoms. The van der Waals surface area contributed by atoms with Gasteiger partial charge in [-0.25, -0.2) is 4.98 Å². The Morgan fingerprint density at radius 1 is 1.25 bits per heavy atom. The molecule has 0 aliphatic heterocycles. The summed E-state index contributed by atoms with van der Waals surface area (Å²) in [4.78, 5) is 21.0. The van der Waals surface area contributed by atoms with Gasteiger partial charge in [0.1, 0.15) is 5.75 Å². The van der Waals surface area contributed by atoms with Crippen LogP contribution in [0.25, 0.3) is 5.78 Å². The molecule has 3 N–H and O–H groups in total. The monoisotopic (exact) mass is 382 g/mol. The van der Waals surface area contributed by atoms with Crippen molar-refractivity contribution in [3.8, 4) is 5.75 Å². The van der Waals surface area contributed by atoms with Crippen molar-refractivity contribution in [3.63, 3.8) is 0 Å². The molecule has 2 heterocycles. The quantitative estimate of drug-likeness (QED) is 0.647. The minimum Gasteiger partial charge on any atom is -0.497 e. The molecular weight excluding hydrogens is 356 g/mol. The molecule has 1 unspecified atom stereocenters. The molecule has 8 heteroatoms. The van der Waals surface area contributed by atoms with Crippen LogP contribution >= 0.6 is 0 Å². The smallest absolute Gasteiger partial charge is 0.254 e. The van der Waals surface area contributed by atoms with Gasteiger partial charge in [-0.3, -0.25) is 4.79 Å². The zero-order chi connectivity index (χ0) is 20.3. The number of hydrogen-bond acceptors (Lipinski definition) is 6. The zero-order valence-electron chi connectivity index (χ0n) is 16.7. The van der Waals surface area contributed by atoms with Crippen molar-refractivity contribution in [2.75, 3.05) is 12.8 Å². The number of hydrogen-bond donors (Lipinski definition) is 2. The number of aromatic nitrogens is 4. The van der Waals surface area contributed by atoms with Gasteiger partial charge in [-0.15, -0.1) is 5.10 Å². The summed E-state index contributed by atoms with van der Waals surface area (Å²) in [7, 11) is 1.65. The highest BCUT2D eigenvalue weighted by atomic mass is 16.5. The van der Waals surface area contributed by atoms with E-state index in [0.29, 0.717) is 5.78 Å². The van der Waals surface area contributed by atoms with Crippen molar-refractivity contribution in [1.82, 2.24) is 24.9 Å². The Morgan fingerprint density at radius 3 is 2.64 bits per heavy atom. The molecule has 1 aromatic carbocycles. The molecule has 0 saturated heterocycles. The lowest BCUT2D eigenvalue weighted by Gasteiger charge is -2.15. The predicted octanol–water partition coefficient (Wildman–Crippen LogP) is 2.01. The van der Waals surface area contributed by atoms with Crippen LogP contribution in [0.1, 0.15) is 35.9 Å². The zero-order valence-corrected chi connectivity index (χ0v) is 16.7. The highest BCUT2D eigenvalue weighted by Gasteiger charge is 2.16. The van der Waals surface area contributed by atoms with Gasteiger partial charge in [0.05, 0.1) is 13.5 Å². The second kappa shape index (κ2) is 8.24. The van der Waals surface area contributed by atoms with Crippen LogP contribution in [-0.2, 0) is 17.6 Å². The van der Waals surface area contributed by atoms with Crippen molar-refractivity contribution >= 4 is 17.6 Å². The third-order valence-electron chi connectivity index (χ3n) is 4.84. The van der Waals surface area contributed by atoms with Gasteiger partial charge in [-0.1, -0.05) is 12.1 Å². The molecule has 0 aliphatic rings. The van der Waals surface area contributed by atoms with E-state index in [4.69, 9.17) is 10.5 Å². The summed E-state index contributed by atoms with van der Waals surface area (Å²) in [5.41, 5.74) is 9.30. The van der Waals surface area contributed by atoms with Crippen LogP contribution < -0.4 is 15.8 Å². The second-order valence-electron chi connectivity index (χ2n) is 6.98. The number of anilines is 1. The first kappa shape index (κ1) is 19.6. The number of nitrogen functional groups attached to an aromatic ring is 1. The second-order valence-corrected chi connectivity index (χ2v) is 6.98. The van der Waals surface area contributed by atoms with Crippen molar-refractivity contribution in [2.45, 2.75) is 46.1 Å². The first-order valence-corrected chi connectivity index (χ1v) is 9.28. The van der Waals surface area contributed by atoms with E-state index in [1.54, 1.807) is 11.6 Å². The Morgan fingerprint density at radius 2 is 1.96 bits per heavy atom. The van der Waals surface area contributed by atoms with Crippen molar-refractivity contribution in [3.05, 3.63) is 46.8 Å². The first-order chi connectivity index (χ1) is 13.4. The molecule has 0 spiro atoms. The van der Waals surface area contributed by atoms with Gasteiger partial charge < -0.3 is 15.8 Å². The van der Waals surface area contributed by atoms with Crippen LogP contribution in [0.2, 0.25) is 0 Å². The predicted molar refractivity (Wildman–Crippen MR) is 107 cm³/mol. The van der Waals surface area contributed by atoms with Gasteiger partial charge in [0.15, 0.2) is 0 Å². The summed E-state index contributed by atoms with van der Waals surface area (Å²) < 4.78 is 6.75. The number of methoxy groups -OCH3 is 1. The number of rotatable bonds is 7. The Labute approximate surface area is 164 Å². The summed E-state index contributed by atoms with van der Waals surface area (Å²) in [5, 5.41) is 7.21. The van der Waals surface area contributed by atoms with E-state index in [1.165, 1.54) is 5.56 Å². The Balaban J connectivity index is 1.59. The van der Waals surface area contributed by atoms with Crippen LogP contribution in [-0.4, -0.2) is 38.6 Å². The third kappa shape index (κ3) is 4.39. The molecular formula is C20H26N6O2. The largest absolute Gasteiger partial charge is 0.497 e. The van der Waals surface area contributed by atoms with Crippen molar-refractivity contribution in [2.24, 2.45) is 0 Å². The number of aryl methyl sites for hydroxylation is 3. The molecule has 3 rings (SSSR count). The molecule has 1 atom stereocenters. The summed E-state index contributed by atoms with van der Waals surface area (Å²) in [6.07, 6.45) is 1.98. The minimum absolute atomic E-state index is 0.0392. The molecule has 148 valence electrons. The SMILES string of the molecule is COc1ccc(CCC(C)NC(=O)Cc2c(C)nc3nc(N)nn3c2C)cc1. The highest BCUT2D eigenvalue weighted by molar-refractivity contribution is 5.79. The lowest BCUT2D eigenvalue weighted by atomic mass is 10.0. The maximum absolute atomic E-state index is 12.5. The molecule has 0 radical (unpaired) electrons. The van der Waals surface area contributed by atoms with Gasteiger partial charge in [0.25, 0.3) is 5.78 Å². The van der Waals surface area contributed by atoms with Crippen LogP contribution in [0, 0.1) is 13.8 Å². The van der Waals surface area contributed by atoms with E-state index < -0.39 is 0 Å². The third-order valence-corrected chi connectivity index (χ3v) is 4.84. The number of amides is 1. The lowest BCUT2D eigenvalue weighted by molar-refractivity contribution is -0.121. The molecule has 8 nitrogen and oxygen atoms in total. The van der Waals surface area contributed by atoms with Gasteiger partial charge in [0.2, 0.25) is 11.9 Å². The topological polar surface area (TPSA) is 107 Å². The van der Waals surface area contributed by atoms with Gasteiger partial charge in [-0.05, 0) is 51.3 Å². The molecule has 3 aromatic rings. The maximum atomic E-state index is 12.5. The number of carbonyl (C=O) groups is 1. The van der Waals surface area contributed by atoms with Gasteiger partial charge in [0, 0.05) is 23.0 Å². The highest BCUT2D eigenvalue weighted by Crippen LogP contribution is 2.16. The number of nitrogens with two attached hydrogens (primary N) is 1. The fourth-order valence-corrected chi connectivity index (χ4v) is 3.21. The Kier molecular flexibility index (Phi) is 5.77. The Hall–Kier alpha value is -3.16. The number of nitrogens with zero attached hydrogens (tertiary/aromatic N) is 4. The van der Waals surface area contributed by atoms with E-state index >= 15 is 0 Å². The van der Waals surface area contributed by atoms with Crippen molar-refractivity contribution < 1.29 is 9.53 Å². The van der Waals surface area contributed by atoms with Crippen molar-refractivity contribution in [1.29, 1.82) is 0 Å². The molecule has 0 fully saturated rings. The number of benzene rings is 1. The van der Waals surface area contributed by atoms with E-state index in [1.807, 2.05) is 45.0 Å². The summed E-state index contributed by atoms with van der Waals surface area (Å²) in [5.74, 6) is 1.42. The molecule has 0 aliphatic carbocycles. The van der Waals surface area contributed by atoms with Crippen LogP contribution in [0.3, 0.4) is 0 Å². The summed E-state index contributed by atoms with van der Waals surface area (Å²) in [6.45, 7) is 5.78. The van der Waals surface area contributed by atoms with Crippen LogP contribution in [0.15, 0.2) is 24.3 Å². The summed E-state index contributed by atoms with van der Waals surface area (Å²) >= 11 is 0. The lowest BCUT2D eigenvalue weighted by Crippen LogP contribution is -2.34. The average Bonchev–Trinajstić information content (AvgIpc) is 3.04. The normalized spacial score (nSPS) is 12.1. The summed E-state index contributed by atoms with van der Waals surface area (Å²) in [6, 6.07) is 8.05. The standard InChI is InChI=1S/C20H26N6O2/c1-12(5-6-15-7-9-16(28-4)10-8-15)22-18(27)11-17-13(2)23-20-24-19(21)25-26(20)14(17)3/h7-10,12H,5-6,11H2,1-4H3,(H2,21,25)(H,22,27). The molecule has 0 saturated carbocycles. The van der Waals surface area contributed by atoms with Gasteiger partial charge in [-0.2, -0.15) is 9.50 Å². The van der Waals surface area contributed by atoms with Crippen LogP contribution in [0.4, 0.5) is 5.95 Å². The minimum atomic E-state index is -0.0392. The number of carbonyl (C=O) groups excluding carboxylic acids is 1.